The van der Waals surface area contributed by atoms with Crippen molar-refractivity contribution in [1.29, 1.82) is 0 Å². The monoisotopic (exact) mass is 306 g/mol. The molecule has 2 aromatic rings. The summed E-state index contributed by atoms with van der Waals surface area (Å²) in [6, 6.07) is 6.15. The molecule has 1 aliphatic carbocycles. The fraction of sp³-hybridized carbons (Fsp3) is 0.588. The van der Waals surface area contributed by atoms with Gasteiger partial charge in [-0.3, -0.25) is 0 Å². The van der Waals surface area contributed by atoms with Crippen molar-refractivity contribution in [3.63, 3.8) is 0 Å². The van der Waals surface area contributed by atoms with E-state index in [1.54, 1.807) is 0 Å². The zero-order valence-electron chi connectivity index (χ0n) is 12.8. The Hall–Kier alpha value is -1.22. The van der Waals surface area contributed by atoms with Crippen LogP contribution in [0, 0.1) is 11.8 Å². The molecule has 2 atom stereocenters. The number of imidazole rings is 1. The number of halogens is 1. The Balaban J connectivity index is 1.98. The molecule has 0 amide bonds. The Kier molecular flexibility index (Phi) is 4.39. The van der Waals surface area contributed by atoms with Gasteiger partial charge in [0.15, 0.2) is 0 Å². The summed E-state index contributed by atoms with van der Waals surface area (Å²) >= 11 is 6.12. The van der Waals surface area contributed by atoms with Gasteiger partial charge in [0, 0.05) is 6.54 Å². The van der Waals surface area contributed by atoms with Crippen molar-refractivity contribution >= 4 is 22.6 Å². The minimum atomic E-state index is 0.447. The lowest BCUT2D eigenvalue weighted by molar-refractivity contribution is 0.343. The predicted molar refractivity (Wildman–Crippen MR) is 87.0 cm³/mol. The van der Waals surface area contributed by atoms with Crippen LogP contribution in [0.15, 0.2) is 18.2 Å². The molecule has 4 heteroatoms. The number of hydrogen-bond donors (Lipinski definition) is 0. The van der Waals surface area contributed by atoms with Crippen molar-refractivity contribution in [2.45, 2.75) is 45.5 Å². The summed E-state index contributed by atoms with van der Waals surface area (Å²) in [5.74, 6) is 3.86. The lowest BCUT2D eigenvalue weighted by Gasteiger charge is -2.14. The van der Waals surface area contributed by atoms with Gasteiger partial charge in [0.25, 0.3) is 0 Å². The van der Waals surface area contributed by atoms with Crippen LogP contribution >= 0.6 is 11.6 Å². The van der Waals surface area contributed by atoms with Crippen LogP contribution in [-0.4, -0.2) is 16.2 Å². The molecule has 0 aliphatic heterocycles. The summed E-state index contributed by atoms with van der Waals surface area (Å²) in [4.78, 5) is 4.72. The molecule has 3 nitrogen and oxygen atoms in total. The molecule has 3 rings (SSSR count). The first-order valence-corrected chi connectivity index (χ1v) is 8.43. The Morgan fingerprint density at radius 2 is 2.24 bits per heavy atom. The lowest BCUT2D eigenvalue weighted by atomic mass is 10.1. The van der Waals surface area contributed by atoms with Gasteiger partial charge in [0.1, 0.15) is 17.1 Å². The smallest absolute Gasteiger partial charge is 0.147 e. The van der Waals surface area contributed by atoms with Crippen LogP contribution < -0.4 is 4.74 Å². The van der Waals surface area contributed by atoms with E-state index in [0.29, 0.717) is 12.5 Å². The van der Waals surface area contributed by atoms with Crippen LogP contribution in [0.5, 0.6) is 5.75 Å². The van der Waals surface area contributed by atoms with E-state index in [9.17, 15) is 0 Å². The van der Waals surface area contributed by atoms with Crippen LogP contribution in [-0.2, 0) is 12.4 Å². The zero-order chi connectivity index (χ0) is 14.8. The summed E-state index contributed by atoms with van der Waals surface area (Å²) in [5.41, 5.74) is 2.09. The van der Waals surface area contributed by atoms with Crippen LogP contribution in [0.3, 0.4) is 0 Å². The quantitative estimate of drug-likeness (QED) is 0.754. The standard InChI is InChI=1S/C17H23ClN2O/c1-3-21-15-6-4-5-14-17(15)19-16(10-18)20(14)11-13-8-7-12(2)9-13/h4-6,12-13H,3,7-11H2,1-2H3. The molecule has 0 N–H and O–H groups in total. The molecular formula is C17H23ClN2O. The molecule has 0 radical (unpaired) electrons. The Labute approximate surface area is 131 Å². The second-order valence-corrected chi connectivity index (χ2v) is 6.38. The van der Waals surface area contributed by atoms with Gasteiger partial charge in [0.2, 0.25) is 0 Å². The highest BCUT2D eigenvalue weighted by atomic mass is 35.5. The van der Waals surface area contributed by atoms with Crippen molar-refractivity contribution in [2.75, 3.05) is 6.61 Å². The largest absolute Gasteiger partial charge is 0.492 e. The molecule has 1 aliphatic rings. The fourth-order valence-corrected chi connectivity index (χ4v) is 3.70. The molecule has 114 valence electrons. The first-order valence-electron chi connectivity index (χ1n) is 7.89. The predicted octanol–water partition coefficient (Wildman–Crippen LogP) is 4.61. The molecule has 21 heavy (non-hydrogen) atoms. The number of benzene rings is 1. The fourth-order valence-electron chi connectivity index (χ4n) is 3.50. The van der Waals surface area contributed by atoms with Gasteiger partial charge in [-0.25, -0.2) is 4.98 Å². The molecule has 1 aromatic heterocycles. The van der Waals surface area contributed by atoms with Crippen molar-refractivity contribution in [1.82, 2.24) is 9.55 Å². The highest BCUT2D eigenvalue weighted by Crippen LogP contribution is 2.34. The lowest BCUT2D eigenvalue weighted by Crippen LogP contribution is -2.10. The van der Waals surface area contributed by atoms with Crippen LogP contribution in [0.2, 0.25) is 0 Å². The van der Waals surface area contributed by atoms with Gasteiger partial charge in [-0.1, -0.05) is 19.4 Å². The Morgan fingerprint density at radius 1 is 1.38 bits per heavy atom. The molecule has 0 spiro atoms. The second kappa shape index (κ2) is 6.27. The van der Waals surface area contributed by atoms with Crippen LogP contribution in [0.4, 0.5) is 0 Å². The first kappa shape index (κ1) is 14.7. The average Bonchev–Trinajstić information content (AvgIpc) is 3.05. The van der Waals surface area contributed by atoms with E-state index in [0.717, 1.165) is 41.0 Å². The number of hydrogen-bond acceptors (Lipinski definition) is 2. The summed E-state index contributed by atoms with van der Waals surface area (Å²) in [5, 5.41) is 0. The van der Waals surface area contributed by atoms with Gasteiger partial charge in [-0.2, -0.15) is 0 Å². The summed E-state index contributed by atoms with van der Waals surface area (Å²) in [6.45, 7) is 6.03. The highest BCUT2D eigenvalue weighted by molar-refractivity contribution is 6.16. The van der Waals surface area contributed by atoms with Crippen molar-refractivity contribution in [3.05, 3.63) is 24.0 Å². The topological polar surface area (TPSA) is 27.1 Å². The normalized spacial score (nSPS) is 22.0. The third-order valence-corrected chi connectivity index (χ3v) is 4.72. The van der Waals surface area contributed by atoms with Crippen LogP contribution in [0.25, 0.3) is 11.0 Å². The number of alkyl halides is 1. The molecule has 2 unspecified atom stereocenters. The maximum absolute atomic E-state index is 6.12. The van der Waals surface area contributed by atoms with Crippen LogP contribution in [0.1, 0.15) is 38.9 Å². The highest BCUT2D eigenvalue weighted by Gasteiger charge is 2.23. The van der Waals surface area contributed by atoms with Gasteiger partial charge in [-0.15, -0.1) is 11.6 Å². The summed E-state index contributed by atoms with van der Waals surface area (Å²) in [7, 11) is 0. The first-order chi connectivity index (χ1) is 10.2. The molecule has 1 heterocycles. The molecule has 1 aromatic carbocycles. The average molecular weight is 307 g/mol. The molecule has 0 saturated heterocycles. The van der Waals surface area contributed by atoms with E-state index in [1.165, 1.54) is 19.3 Å². The molecule has 1 saturated carbocycles. The number of para-hydroxylation sites is 1. The van der Waals surface area contributed by atoms with Gasteiger partial charge in [0.05, 0.1) is 18.0 Å². The maximum Gasteiger partial charge on any atom is 0.147 e. The zero-order valence-corrected chi connectivity index (χ0v) is 13.6. The minimum absolute atomic E-state index is 0.447. The van der Waals surface area contributed by atoms with Gasteiger partial charge in [-0.05, 0) is 43.7 Å². The minimum Gasteiger partial charge on any atom is -0.492 e. The van der Waals surface area contributed by atoms with Gasteiger partial charge < -0.3 is 9.30 Å². The number of ether oxygens (including phenoxy) is 1. The summed E-state index contributed by atoms with van der Waals surface area (Å²) < 4.78 is 8.00. The Bertz CT molecular complexity index is 623. The third-order valence-electron chi connectivity index (χ3n) is 4.48. The van der Waals surface area contributed by atoms with Crippen molar-refractivity contribution in [2.24, 2.45) is 11.8 Å². The maximum atomic E-state index is 6.12. The Morgan fingerprint density at radius 3 is 2.90 bits per heavy atom. The molecule has 1 fully saturated rings. The third kappa shape index (κ3) is 2.89. The molecule has 0 bridgehead atoms. The number of fused-ring (bicyclic) bond motifs is 1. The summed E-state index contributed by atoms with van der Waals surface area (Å²) in [6.07, 6.45) is 3.97. The number of nitrogens with zero attached hydrogens (tertiary/aromatic N) is 2. The van der Waals surface area contributed by atoms with Crippen molar-refractivity contribution < 1.29 is 4.74 Å². The van der Waals surface area contributed by atoms with E-state index >= 15 is 0 Å². The SMILES string of the molecule is CCOc1cccc2c1nc(CCl)n2CC1CCC(C)C1. The van der Waals surface area contributed by atoms with E-state index in [1.807, 2.05) is 19.1 Å². The van der Waals surface area contributed by atoms with E-state index < -0.39 is 0 Å². The van der Waals surface area contributed by atoms with E-state index in [2.05, 4.69) is 17.6 Å². The number of rotatable bonds is 5. The molecular weight excluding hydrogens is 284 g/mol. The second-order valence-electron chi connectivity index (χ2n) is 6.11. The number of aromatic nitrogens is 2. The van der Waals surface area contributed by atoms with E-state index in [-0.39, 0.29) is 0 Å². The van der Waals surface area contributed by atoms with Gasteiger partial charge >= 0.3 is 0 Å². The van der Waals surface area contributed by atoms with Crippen molar-refractivity contribution in [3.8, 4) is 5.75 Å². The van der Waals surface area contributed by atoms with E-state index in [4.69, 9.17) is 21.3 Å².